The van der Waals surface area contributed by atoms with Crippen LogP contribution >= 0.6 is 0 Å². The van der Waals surface area contributed by atoms with Crippen LogP contribution in [0.1, 0.15) is 34.3 Å². The van der Waals surface area contributed by atoms with Gasteiger partial charge in [-0.3, -0.25) is 4.79 Å². The molecule has 1 fully saturated rings. The van der Waals surface area contributed by atoms with E-state index in [0.717, 1.165) is 17.9 Å². The Morgan fingerprint density at radius 3 is 2.27 bits per heavy atom. The molecule has 1 saturated carbocycles. The summed E-state index contributed by atoms with van der Waals surface area (Å²) < 4.78 is 0. The van der Waals surface area contributed by atoms with E-state index in [1.165, 1.54) is 24.0 Å². The molecule has 0 aliphatic heterocycles. The van der Waals surface area contributed by atoms with Gasteiger partial charge >= 0.3 is 0 Å². The summed E-state index contributed by atoms with van der Waals surface area (Å²) in [5.74, 6) is 0. The van der Waals surface area contributed by atoms with Gasteiger partial charge < -0.3 is 5.32 Å². The SMILES string of the molecule is CNC1CC1.Cc1ccc(C=O)cc1C. The topological polar surface area (TPSA) is 29.1 Å². The van der Waals surface area contributed by atoms with E-state index in [2.05, 4.69) is 5.32 Å². The Morgan fingerprint density at radius 2 is 1.93 bits per heavy atom. The molecule has 0 atom stereocenters. The molecule has 0 bridgehead atoms. The van der Waals surface area contributed by atoms with Crippen LogP contribution in [0.3, 0.4) is 0 Å². The van der Waals surface area contributed by atoms with Crippen LogP contribution in [0.15, 0.2) is 18.2 Å². The van der Waals surface area contributed by atoms with Gasteiger partial charge in [0.1, 0.15) is 6.29 Å². The molecule has 1 aromatic carbocycles. The van der Waals surface area contributed by atoms with Gasteiger partial charge in [0.2, 0.25) is 0 Å². The molecular weight excluding hydrogens is 186 g/mol. The van der Waals surface area contributed by atoms with Gasteiger partial charge in [-0.2, -0.15) is 0 Å². The molecule has 1 aliphatic rings. The van der Waals surface area contributed by atoms with E-state index in [-0.39, 0.29) is 0 Å². The molecule has 0 amide bonds. The average Bonchev–Trinajstić information content (AvgIpc) is 3.06. The number of carbonyl (C=O) groups excluding carboxylic acids is 1. The predicted octanol–water partition coefficient (Wildman–Crippen LogP) is 2.48. The van der Waals surface area contributed by atoms with Crippen molar-refractivity contribution < 1.29 is 4.79 Å². The molecule has 0 saturated heterocycles. The molecule has 2 heteroatoms. The number of aldehydes is 1. The average molecular weight is 205 g/mol. The summed E-state index contributed by atoms with van der Waals surface area (Å²) in [5, 5.41) is 3.14. The van der Waals surface area contributed by atoms with Gasteiger partial charge in [-0.25, -0.2) is 0 Å². The molecule has 0 radical (unpaired) electrons. The third-order valence-electron chi connectivity index (χ3n) is 2.65. The summed E-state index contributed by atoms with van der Waals surface area (Å²) >= 11 is 0. The summed E-state index contributed by atoms with van der Waals surface area (Å²) in [6.45, 7) is 4.03. The van der Waals surface area contributed by atoms with Crippen molar-refractivity contribution in [2.75, 3.05) is 7.05 Å². The Bertz CT molecular complexity index is 329. The van der Waals surface area contributed by atoms with Gasteiger partial charge in [-0.15, -0.1) is 0 Å². The van der Waals surface area contributed by atoms with E-state index in [0.29, 0.717) is 0 Å². The number of nitrogens with one attached hydrogen (secondary N) is 1. The summed E-state index contributed by atoms with van der Waals surface area (Å²) in [4.78, 5) is 10.3. The summed E-state index contributed by atoms with van der Waals surface area (Å²) in [7, 11) is 2.01. The van der Waals surface area contributed by atoms with Crippen LogP contribution in [0.4, 0.5) is 0 Å². The molecule has 1 aliphatic carbocycles. The number of hydrogen-bond donors (Lipinski definition) is 1. The summed E-state index contributed by atoms with van der Waals surface area (Å²) in [6, 6.07) is 6.56. The third kappa shape index (κ3) is 4.26. The van der Waals surface area contributed by atoms with Crippen molar-refractivity contribution in [3.8, 4) is 0 Å². The molecule has 2 rings (SSSR count). The second-order valence-corrected chi connectivity index (χ2v) is 4.02. The van der Waals surface area contributed by atoms with Gasteiger partial charge in [0.25, 0.3) is 0 Å². The maximum atomic E-state index is 10.3. The van der Waals surface area contributed by atoms with Gasteiger partial charge in [0, 0.05) is 11.6 Å². The van der Waals surface area contributed by atoms with Crippen LogP contribution in [0, 0.1) is 13.8 Å². The van der Waals surface area contributed by atoms with Crippen molar-refractivity contribution in [2.45, 2.75) is 32.7 Å². The Labute approximate surface area is 91.7 Å². The van der Waals surface area contributed by atoms with E-state index < -0.39 is 0 Å². The van der Waals surface area contributed by atoms with E-state index in [1.807, 2.05) is 39.1 Å². The Morgan fingerprint density at radius 1 is 1.27 bits per heavy atom. The Hall–Kier alpha value is -1.15. The fourth-order valence-corrected chi connectivity index (χ4v) is 1.21. The lowest BCUT2D eigenvalue weighted by Crippen LogP contribution is -2.06. The highest BCUT2D eigenvalue weighted by Gasteiger charge is 2.17. The van der Waals surface area contributed by atoms with Crippen molar-refractivity contribution in [1.29, 1.82) is 0 Å². The molecular formula is C13H19NO. The van der Waals surface area contributed by atoms with Crippen LogP contribution in [-0.4, -0.2) is 19.4 Å². The monoisotopic (exact) mass is 205 g/mol. The molecule has 0 unspecified atom stereocenters. The third-order valence-corrected chi connectivity index (χ3v) is 2.65. The second-order valence-electron chi connectivity index (χ2n) is 4.02. The Balaban J connectivity index is 0.000000187. The van der Waals surface area contributed by atoms with Crippen molar-refractivity contribution in [1.82, 2.24) is 5.32 Å². The first kappa shape index (κ1) is 11.9. The number of hydrogen-bond acceptors (Lipinski definition) is 2. The van der Waals surface area contributed by atoms with E-state index in [4.69, 9.17) is 0 Å². The van der Waals surface area contributed by atoms with Gasteiger partial charge in [-0.1, -0.05) is 12.1 Å². The first-order valence-electron chi connectivity index (χ1n) is 5.37. The fourth-order valence-electron chi connectivity index (χ4n) is 1.21. The second kappa shape index (κ2) is 5.66. The smallest absolute Gasteiger partial charge is 0.150 e. The van der Waals surface area contributed by atoms with Crippen LogP contribution in [0.5, 0.6) is 0 Å². The van der Waals surface area contributed by atoms with Crippen molar-refractivity contribution in [3.05, 3.63) is 34.9 Å². The minimum atomic E-state index is 0.753. The Kier molecular flexibility index (Phi) is 4.50. The molecule has 0 aromatic heterocycles. The highest BCUT2D eigenvalue weighted by atomic mass is 16.1. The standard InChI is InChI=1S/C9H10O.C4H9N/c1-7-3-4-9(6-10)5-8(7)2;1-5-4-2-3-4/h3-6H,1-2H3;4-5H,2-3H2,1H3. The van der Waals surface area contributed by atoms with Crippen molar-refractivity contribution >= 4 is 6.29 Å². The zero-order valence-electron chi connectivity index (χ0n) is 9.71. The first-order chi connectivity index (χ1) is 7.17. The van der Waals surface area contributed by atoms with Crippen LogP contribution in [-0.2, 0) is 0 Å². The van der Waals surface area contributed by atoms with E-state index in [9.17, 15) is 4.79 Å². The summed E-state index contributed by atoms with van der Waals surface area (Å²) in [6.07, 6.45) is 3.67. The van der Waals surface area contributed by atoms with E-state index >= 15 is 0 Å². The minimum absolute atomic E-state index is 0.753. The van der Waals surface area contributed by atoms with E-state index in [1.54, 1.807) is 0 Å². The zero-order chi connectivity index (χ0) is 11.3. The highest BCUT2D eigenvalue weighted by molar-refractivity contribution is 5.75. The number of rotatable bonds is 2. The highest BCUT2D eigenvalue weighted by Crippen LogP contribution is 2.17. The molecule has 15 heavy (non-hydrogen) atoms. The maximum absolute atomic E-state index is 10.3. The minimum Gasteiger partial charge on any atom is -0.317 e. The quantitative estimate of drug-likeness (QED) is 0.751. The lowest BCUT2D eigenvalue weighted by molar-refractivity contribution is 0.112. The fraction of sp³-hybridized carbons (Fsp3) is 0.462. The number of benzene rings is 1. The molecule has 1 N–H and O–H groups in total. The van der Waals surface area contributed by atoms with Crippen LogP contribution in [0.2, 0.25) is 0 Å². The summed E-state index contributed by atoms with van der Waals surface area (Å²) in [5.41, 5.74) is 3.15. The van der Waals surface area contributed by atoms with Gasteiger partial charge in [0.05, 0.1) is 0 Å². The molecule has 0 spiro atoms. The number of aryl methyl sites for hydroxylation is 2. The van der Waals surface area contributed by atoms with Crippen LogP contribution in [0.25, 0.3) is 0 Å². The predicted molar refractivity (Wildman–Crippen MR) is 63.4 cm³/mol. The van der Waals surface area contributed by atoms with Crippen molar-refractivity contribution in [2.24, 2.45) is 0 Å². The van der Waals surface area contributed by atoms with Gasteiger partial charge in [-0.05, 0) is 50.9 Å². The molecule has 2 nitrogen and oxygen atoms in total. The zero-order valence-corrected chi connectivity index (χ0v) is 9.71. The first-order valence-corrected chi connectivity index (χ1v) is 5.37. The maximum Gasteiger partial charge on any atom is 0.150 e. The molecule has 82 valence electrons. The molecule has 0 heterocycles. The largest absolute Gasteiger partial charge is 0.317 e. The lowest BCUT2D eigenvalue weighted by atomic mass is 10.1. The normalized spacial score (nSPS) is 14.1. The van der Waals surface area contributed by atoms with Crippen LogP contribution < -0.4 is 5.32 Å². The molecule has 1 aromatic rings. The number of carbonyl (C=O) groups is 1. The lowest BCUT2D eigenvalue weighted by Gasteiger charge is -1.97. The van der Waals surface area contributed by atoms with Gasteiger partial charge in [0.15, 0.2) is 0 Å². The van der Waals surface area contributed by atoms with Crippen molar-refractivity contribution in [3.63, 3.8) is 0 Å².